The summed E-state index contributed by atoms with van der Waals surface area (Å²) in [4.78, 5) is 81.8. The maximum Gasteiger partial charge on any atom is 0.328 e. The van der Waals surface area contributed by atoms with Crippen LogP contribution < -0.4 is 21.3 Å². The Kier molecular flexibility index (Phi) is 10.6. The highest BCUT2D eigenvalue weighted by Crippen LogP contribution is 2.53. The second kappa shape index (κ2) is 15.0. The van der Waals surface area contributed by atoms with E-state index in [1.54, 1.807) is 52.0 Å². The van der Waals surface area contributed by atoms with E-state index in [-0.39, 0.29) is 19.0 Å². The molecule has 1 aliphatic heterocycles. The molecule has 2 aromatic rings. The first-order valence-electron chi connectivity index (χ1n) is 18.3. The number of urea groups is 2. The van der Waals surface area contributed by atoms with E-state index in [9.17, 15) is 28.8 Å². The number of esters is 1. The van der Waals surface area contributed by atoms with E-state index in [2.05, 4.69) is 21.3 Å². The van der Waals surface area contributed by atoms with E-state index >= 15 is 0 Å². The molecule has 1 saturated heterocycles. The molecule has 1 unspecified atom stereocenters. The summed E-state index contributed by atoms with van der Waals surface area (Å²) in [7, 11) is 0. The molecule has 4 N–H and O–H groups in total. The van der Waals surface area contributed by atoms with Gasteiger partial charge in [-0.1, -0.05) is 30.3 Å². The third kappa shape index (κ3) is 8.08. The zero-order chi connectivity index (χ0) is 37.3. The average molecular weight is 715 g/mol. The molecule has 4 aliphatic carbocycles. The summed E-state index contributed by atoms with van der Waals surface area (Å²) < 4.78 is 5.30. The van der Waals surface area contributed by atoms with Gasteiger partial charge in [0.15, 0.2) is 0 Å². The van der Waals surface area contributed by atoms with Crippen LogP contribution in [0.4, 0.5) is 21.0 Å². The van der Waals surface area contributed by atoms with E-state index < -0.39 is 60.0 Å². The van der Waals surface area contributed by atoms with Gasteiger partial charge in [-0.25, -0.2) is 9.59 Å². The van der Waals surface area contributed by atoms with Crippen LogP contribution in [0.2, 0.25) is 0 Å². The quantitative estimate of drug-likeness (QED) is 0.178. The number of rotatable bonds is 12. The van der Waals surface area contributed by atoms with Crippen molar-refractivity contribution in [2.24, 2.45) is 23.7 Å². The van der Waals surface area contributed by atoms with E-state index in [0.29, 0.717) is 40.6 Å². The van der Waals surface area contributed by atoms with E-state index in [4.69, 9.17) is 4.74 Å². The van der Waals surface area contributed by atoms with Crippen molar-refractivity contribution in [3.8, 4) is 0 Å². The van der Waals surface area contributed by atoms with Gasteiger partial charge < -0.3 is 30.9 Å². The number of nitrogens with zero attached hydrogens (tertiary/aromatic N) is 2. The number of hydrogen-bond acceptors (Lipinski definition) is 7. The van der Waals surface area contributed by atoms with Crippen molar-refractivity contribution in [2.75, 3.05) is 17.2 Å². The summed E-state index contributed by atoms with van der Waals surface area (Å²) in [5.74, 6) is -0.177. The van der Waals surface area contributed by atoms with E-state index in [0.717, 1.165) is 36.1 Å². The number of ether oxygens (including phenoxy) is 1. The standard InChI is InChI=1S/C39H50N6O7/c1-22(2)52-33(47)19-31(35(48)43-34-27-15-25-14-26(17-27)18-28(34)16-25)41-32(46)21-44-36(49)39(4,5)45(38(44)51)20-24-10-12-29(13-11-24)40-37(50)42-30-9-7-6-8-23(30)3/h6-13,22,25-28,31,34H,14-21H2,1-5H3,(H,41,46)(H,43,48)(H2,40,42,50). The highest BCUT2D eigenvalue weighted by atomic mass is 16.5. The number of carbonyl (C=O) groups is 6. The topological polar surface area (TPSA) is 166 Å². The second-order valence-electron chi connectivity index (χ2n) is 15.7. The molecule has 0 aromatic heterocycles. The number of carbonyl (C=O) groups excluding carboxylic acids is 6. The van der Waals surface area contributed by atoms with Gasteiger partial charge in [-0.2, -0.15) is 0 Å². The fraction of sp³-hybridized carbons (Fsp3) is 0.538. The molecule has 5 aliphatic rings. The number of amides is 7. The van der Waals surface area contributed by atoms with Gasteiger partial charge in [0.05, 0.1) is 12.5 Å². The van der Waals surface area contributed by atoms with Gasteiger partial charge in [-0.15, -0.1) is 0 Å². The van der Waals surface area contributed by atoms with Crippen LogP contribution in [0.15, 0.2) is 48.5 Å². The van der Waals surface area contributed by atoms with Crippen molar-refractivity contribution >= 4 is 47.1 Å². The predicted molar refractivity (Wildman–Crippen MR) is 194 cm³/mol. The third-order valence-electron chi connectivity index (χ3n) is 11.1. The van der Waals surface area contributed by atoms with Crippen LogP contribution in [0.25, 0.3) is 0 Å². The molecule has 1 atom stereocenters. The van der Waals surface area contributed by atoms with Crippen molar-refractivity contribution < 1.29 is 33.5 Å². The molecule has 7 amide bonds. The van der Waals surface area contributed by atoms with Gasteiger partial charge in [0.25, 0.3) is 5.91 Å². The zero-order valence-corrected chi connectivity index (χ0v) is 30.6. The minimum atomic E-state index is -1.26. The van der Waals surface area contributed by atoms with Crippen LogP contribution in [0.3, 0.4) is 0 Å². The molecule has 4 bridgehead atoms. The van der Waals surface area contributed by atoms with Gasteiger partial charge in [0.1, 0.15) is 18.1 Å². The summed E-state index contributed by atoms with van der Waals surface area (Å²) in [6.07, 6.45) is 4.84. The van der Waals surface area contributed by atoms with E-state index in [1.807, 2.05) is 31.2 Å². The van der Waals surface area contributed by atoms with Gasteiger partial charge >= 0.3 is 18.0 Å². The summed E-state index contributed by atoms with van der Waals surface area (Å²) in [6, 6.07) is 12.0. The predicted octanol–water partition coefficient (Wildman–Crippen LogP) is 4.95. The molecular weight excluding hydrogens is 664 g/mol. The maximum atomic E-state index is 13.7. The molecule has 1 heterocycles. The van der Waals surface area contributed by atoms with Crippen LogP contribution >= 0.6 is 0 Å². The first-order valence-corrected chi connectivity index (χ1v) is 18.3. The number of nitrogens with one attached hydrogen (secondary N) is 4. The lowest BCUT2D eigenvalue weighted by atomic mass is 9.54. The minimum Gasteiger partial charge on any atom is -0.463 e. The molecule has 4 saturated carbocycles. The molecule has 7 rings (SSSR count). The average Bonchev–Trinajstić information content (AvgIpc) is 3.22. The Balaban J connectivity index is 1.07. The summed E-state index contributed by atoms with van der Waals surface area (Å²) >= 11 is 0. The Labute approximate surface area is 304 Å². The Morgan fingerprint density at radius 1 is 0.885 bits per heavy atom. The largest absolute Gasteiger partial charge is 0.463 e. The molecule has 13 nitrogen and oxygen atoms in total. The van der Waals surface area contributed by atoms with Crippen LogP contribution in [0, 0.1) is 30.6 Å². The molecule has 52 heavy (non-hydrogen) atoms. The Morgan fingerprint density at radius 3 is 2.13 bits per heavy atom. The highest BCUT2D eigenvalue weighted by molar-refractivity contribution is 6.08. The maximum absolute atomic E-state index is 13.7. The molecule has 13 heteroatoms. The van der Waals surface area contributed by atoms with Crippen LogP contribution in [-0.4, -0.2) is 75.8 Å². The number of aryl methyl sites for hydroxylation is 1. The summed E-state index contributed by atoms with van der Waals surface area (Å²) in [6.45, 7) is 7.99. The summed E-state index contributed by atoms with van der Waals surface area (Å²) in [5, 5.41) is 11.4. The SMILES string of the molecule is Cc1ccccc1NC(=O)Nc1ccc(CN2C(=O)N(CC(=O)NC(CC(=O)OC(C)C)C(=O)NC3C4CC5CC(C4)CC3C5)C(=O)C2(C)C)cc1. The number of imide groups is 1. The molecule has 0 spiro atoms. The fourth-order valence-corrected chi connectivity index (χ4v) is 8.69. The molecule has 0 radical (unpaired) electrons. The normalized spacial score (nSPS) is 24.8. The highest BCUT2D eigenvalue weighted by Gasteiger charge is 2.52. The monoisotopic (exact) mass is 714 g/mol. The Hall–Kier alpha value is -4.94. The van der Waals surface area contributed by atoms with Gasteiger partial charge in [-0.3, -0.25) is 24.1 Å². The van der Waals surface area contributed by atoms with Crippen molar-refractivity contribution in [3.63, 3.8) is 0 Å². The lowest BCUT2D eigenvalue weighted by Gasteiger charge is -2.54. The Morgan fingerprint density at radius 2 is 1.52 bits per heavy atom. The summed E-state index contributed by atoms with van der Waals surface area (Å²) in [5.41, 5.74) is 1.60. The van der Waals surface area contributed by atoms with Crippen molar-refractivity contribution in [1.82, 2.24) is 20.4 Å². The number of anilines is 2. The second-order valence-corrected chi connectivity index (χ2v) is 15.7. The van der Waals surface area contributed by atoms with Crippen LogP contribution in [0.5, 0.6) is 0 Å². The lowest BCUT2D eigenvalue weighted by molar-refractivity contribution is -0.150. The zero-order valence-electron chi connectivity index (χ0n) is 30.6. The Bertz CT molecular complexity index is 1700. The van der Waals surface area contributed by atoms with Gasteiger partial charge in [-0.05, 0) is 120 Å². The van der Waals surface area contributed by atoms with Crippen molar-refractivity contribution in [1.29, 1.82) is 0 Å². The first-order chi connectivity index (χ1) is 24.7. The van der Waals surface area contributed by atoms with Gasteiger partial charge in [0, 0.05) is 24.0 Å². The first kappa shape index (κ1) is 36.8. The molecule has 278 valence electrons. The smallest absolute Gasteiger partial charge is 0.328 e. The van der Waals surface area contributed by atoms with Crippen molar-refractivity contribution in [3.05, 3.63) is 59.7 Å². The fourth-order valence-electron chi connectivity index (χ4n) is 8.69. The molecular formula is C39H50N6O7. The molecule has 2 aromatic carbocycles. The van der Waals surface area contributed by atoms with E-state index in [1.165, 1.54) is 11.3 Å². The molecule has 5 fully saturated rings. The minimum absolute atomic E-state index is 0.00234. The number of hydrogen-bond donors (Lipinski definition) is 4. The van der Waals surface area contributed by atoms with Crippen molar-refractivity contribution in [2.45, 2.75) is 103 Å². The van der Waals surface area contributed by atoms with Gasteiger partial charge in [0.2, 0.25) is 11.8 Å². The third-order valence-corrected chi connectivity index (χ3v) is 11.1. The number of para-hydroxylation sites is 1. The van der Waals surface area contributed by atoms with Crippen LogP contribution in [-0.2, 0) is 30.5 Å². The van der Waals surface area contributed by atoms with Crippen LogP contribution in [0.1, 0.15) is 77.3 Å². The number of benzene rings is 2. The lowest BCUT2D eigenvalue weighted by Crippen LogP contribution is -2.59.